The molecule has 1 aromatic carbocycles. The normalized spacial score (nSPS) is 12.2. The van der Waals surface area contributed by atoms with Gasteiger partial charge in [0.05, 0.1) is 11.1 Å². The molecule has 1 N–H and O–H groups in total. The van der Waals surface area contributed by atoms with Crippen LogP contribution in [-0.2, 0) is 0 Å². The molecule has 0 radical (unpaired) electrons. The Bertz CT molecular complexity index is 551. The first kappa shape index (κ1) is 15.2. The molecule has 0 aliphatic rings. The largest absolute Gasteiger partial charge is 0.491 e. The number of nitrogens with zero attached hydrogens (tertiary/aromatic N) is 1. The highest BCUT2D eigenvalue weighted by atomic mass is 35.5. The lowest BCUT2D eigenvalue weighted by Gasteiger charge is -2.13. The van der Waals surface area contributed by atoms with Gasteiger partial charge in [0.1, 0.15) is 12.4 Å². The van der Waals surface area contributed by atoms with Crippen LogP contribution in [0.5, 0.6) is 5.75 Å². The van der Waals surface area contributed by atoms with Crippen LogP contribution in [0.25, 0.3) is 0 Å². The minimum Gasteiger partial charge on any atom is -0.491 e. The molecular weight excluding hydrogens is 294 g/mol. The SMILES string of the molecule is Cc1cc(Cl)ccc1OC[C@@H](O)CSc1ccccn1. The van der Waals surface area contributed by atoms with Gasteiger partial charge >= 0.3 is 0 Å². The van der Waals surface area contributed by atoms with Crippen LogP contribution in [0.3, 0.4) is 0 Å². The van der Waals surface area contributed by atoms with Crippen molar-refractivity contribution in [1.82, 2.24) is 4.98 Å². The summed E-state index contributed by atoms with van der Waals surface area (Å²) in [6.07, 6.45) is 1.19. The van der Waals surface area contributed by atoms with E-state index in [0.29, 0.717) is 10.8 Å². The van der Waals surface area contributed by atoms with E-state index in [4.69, 9.17) is 16.3 Å². The summed E-state index contributed by atoms with van der Waals surface area (Å²) in [5, 5.41) is 11.5. The van der Waals surface area contributed by atoms with Gasteiger partial charge in [-0.15, -0.1) is 11.8 Å². The zero-order valence-corrected chi connectivity index (χ0v) is 12.7. The standard InChI is InChI=1S/C15H16ClNO2S/c1-11-8-12(16)5-6-14(11)19-9-13(18)10-20-15-4-2-3-7-17-15/h2-8,13,18H,9-10H2,1H3/t13-/m1/s1. The van der Waals surface area contributed by atoms with Gasteiger partial charge in [-0.2, -0.15) is 0 Å². The summed E-state index contributed by atoms with van der Waals surface area (Å²) in [7, 11) is 0. The number of rotatable bonds is 6. The lowest BCUT2D eigenvalue weighted by atomic mass is 10.2. The number of aromatic nitrogens is 1. The van der Waals surface area contributed by atoms with Crippen LogP contribution in [0.15, 0.2) is 47.6 Å². The minimum absolute atomic E-state index is 0.252. The molecule has 0 bridgehead atoms. The van der Waals surface area contributed by atoms with Crippen molar-refractivity contribution in [3.05, 3.63) is 53.2 Å². The first-order valence-corrected chi connectivity index (χ1v) is 7.62. The number of ether oxygens (including phenoxy) is 1. The molecule has 20 heavy (non-hydrogen) atoms. The molecule has 0 aliphatic carbocycles. The highest BCUT2D eigenvalue weighted by Gasteiger charge is 2.08. The van der Waals surface area contributed by atoms with Gasteiger partial charge in [-0.3, -0.25) is 0 Å². The number of aryl methyl sites for hydroxylation is 1. The number of aliphatic hydroxyl groups is 1. The van der Waals surface area contributed by atoms with Crippen LogP contribution in [0, 0.1) is 6.92 Å². The smallest absolute Gasteiger partial charge is 0.122 e. The Labute approximate surface area is 128 Å². The van der Waals surface area contributed by atoms with Crippen molar-refractivity contribution in [2.45, 2.75) is 18.1 Å². The second-order valence-electron chi connectivity index (χ2n) is 4.35. The fourth-order valence-electron chi connectivity index (χ4n) is 1.62. The number of aliphatic hydroxyl groups excluding tert-OH is 1. The second kappa shape index (κ2) is 7.53. The predicted octanol–water partition coefficient (Wildman–Crippen LogP) is 3.58. The van der Waals surface area contributed by atoms with Gasteiger partial charge in [-0.25, -0.2) is 4.98 Å². The Hall–Kier alpha value is -1.23. The van der Waals surface area contributed by atoms with E-state index in [1.165, 1.54) is 11.8 Å². The summed E-state index contributed by atoms with van der Waals surface area (Å²) in [4.78, 5) is 4.19. The first-order valence-electron chi connectivity index (χ1n) is 6.26. The van der Waals surface area contributed by atoms with Crippen LogP contribution >= 0.6 is 23.4 Å². The zero-order chi connectivity index (χ0) is 14.4. The third kappa shape index (κ3) is 4.71. The molecule has 3 nitrogen and oxygen atoms in total. The number of hydrogen-bond donors (Lipinski definition) is 1. The van der Waals surface area contributed by atoms with Crippen molar-refractivity contribution in [2.75, 3.05) is 12.4 Å². The van der Waals surface area contributed by atoms with Crippen LogP contribution in [-0.4, -0.2) is 28.6 Å². The quantitative estimate of drug-likeness (QED) is 0.828. The molecule has 1 aromatic heterocycles. The Morgan fingerprint density at radius 1 is 1.35 bits per heavy atom. The highest BCUT2D eigenvalue weighted by Crippen LogP contribution is 2.22. The fraction of sp³-hybridized carbons (Fsp3) is 0.267. The first-order chi connectivity index (χ1) is 9.65. The fourth-order valence-corrected chi connectivity index (χ4v) is 2.62. The maximum Gasteiger partial charge on any atom is 0.122 e. The predicted molar refractivity (Wildman–Crippen MR) is 82.7 cm³/mol. The summed E-state index contributed by atoms with van der Waals surface area (Å²) in [6, 6.07) is 11.1. The summed E-state index contributed by atoms with van der Waals surface area (Å²) < 4.78 is 5.60. The van der Waals surface area contributed by atoms with E-state index in [0.717, 1.165) is 16.3 Å². The third-order valence-electron chi connectivity index (χ3n) is 2.63. The lowest BCUT2D eigenvalue weighted by Crippen LogP contribution is -2.20. The molecule has 0 fully saturated rings. The van der Waals surface area contributed by atoms with Crippen LogP contribution in [0.2, 0.25) is 5.02 Å². The van der Waals surface area contributed by atoms with Crippen molar-refractivity contribution in [3.63, 3.8) is 0 Å². The van der Waals surface area contributed by atoms with E-state index < -0.39 is 6.10 Å². The molecule has 2 aromatic rings. The van der Waals surface area contributed by atoms with E-state index in [1.807, 2.05) is 37.3 Å². The number of thioether (sulfide) groups is 1. The van der Waals surface area contributed by atoms with E-state index in [2.05, 4.69) is 4.98 Å². The van der Waals surface area contributed by atoms with Gasteiger partial charge in [0.2, 0.25) is 0 Å². The molecular formula is C15H16ClNO2S. The van der Waals surface area contributed by atoms with Crippen molar-refractivity contribution in [1.29, 1.82) is 0 Å². The molecule has 0 amide bonds. The molecule has 2 rings (SSSR count). The number of pyridine rings is 1. The molecule has 1 atom stereocenters. The summed E-state index contributed by atoms with van der Waals surface area (Å²) in [6.45, 7) is 2.18. The van der Waals surface area contributed by atoms with Gasteiger partial charge in [-0.05, 0) is 42.8 Å². The summed E-state index contributed by atoms with van der Waals surface area (Å²) >= 11 is 7.39. The number of benzene rings is 1. The highest BCUT2D eigenvalue weighted by molar-refractivity contribution is 7.99. The molecule has 0 spiro atoms. The molecule has 0 unspecified atom stereocenters. The van der Waals surface area contributed by atoms with Crippen molar-refractivity contribution in [2.24, 2.45) is 0 Å². The minimum atomic E-state index is -0.544. The van der Waals surface area contributed by atoms with Gasteiger partial charge in [0.25, 0.3) is 0 Å². The van der Waals surface area contributed by atoms with Crippen molar-refractivity contribution in [3.8, 4) is 5.75 Å². The summed E-state index contributed by atoms with van der Waals surface area (Å²) in [5.41, 5.74) is 0.960. The Kier molecular flexibility index (Phi) is 5.71. The van der Waals surface area contributed by atoms with Gasteiger partial charge in [0, 0.05) is 17.0 Å². The average Bonchev–Trinajstić information content (AvgIpc) is 2.45. The van der Waals surface area contributed by atoms with Gasteiger partial charge in [-0.1, -0.05) is 17.7 Å². The topological polar surface area (TPSA) is 42.4 Å². The van der Waals surface area contributed by atoms with Crippen LogP contribution in [0.4, 0.5) is 0 Å². The third-order valence-corrected chi connectivity index (χ3v) is 3.95. The number of halogens is 1. The van der Waals surface area contributed by atoms with E-state index in [-0.39, 0.29) is 6.61 Å². The Morgan fingerprint density at radius 3 is 2.90 bits per heavy atom. The average molecular weight is 310 g/mol. The Morgan fingerprint density at radius 2 is 2.20 bits per heavy atom. The van der Waals surface area contributed by atoms with Gasteiger partial charge in [0.15, 0.2) is 0 Å². The van der Waals surface area contributed by atoms with Crippen LogP contribution in [0.1, 0.15) is 5.56 Å². The summed E-state index contributed by atoms with van der Waals surface area (Å²) in [5.74, 6) is 1.29. The molecule has 0 saturated carbocycles. The Balaban J connectivity index is 1.79. The molecule has 5 heteroatoms. The molecule has 0 aliphatic heterocycles. The maximum absolute atomic E-state index is 9.92. The zero-order valence-electron chi connectivity index (χ0n) is 11.1. The maximum atomic E-state index is 9.92. The van der Waals surface area contributed by atoms with Gasteiger partial charge < -0.3 is 9.84 Å². The second-order valence-corrected chi connectivity index (χ2v) is 5.83. The van der Waals surface area contributed by atoms with E-state index >= 15 is 0 Å². The van der Waals surface area contributed by atoms with Crippen molar-refractivity contribution < 1.29 is 9.84 Å². The lowest BCUT2D eigenvalue weighted by molar-refractivity contribution is 0.126. The molecule has 0 saturated heterocycles. The van der Waals surface area contributed by atoms with E-state index in [9.17, 15) is 5.11 Å². The van der Waals surface area contributed by atoms with Crippen molar-refractivity contribution >= 4 is 23.4 Å². The monoisotopic (exact) mass is 309 g/mol. The number of hydrogen-bond acceptors (Lipinski definition) is 4. The van der Waals surface area contributed by atoms with Crippen LogP contribution < -0.4 is 4.74 Å². The molecule has 106 valence electrons. The molecule has 1 heterocycles. The van der Waals surface area contributed by atoms with E-state index in [1.54, 1.807) is 12.3 Å².